The molecule has 0 aliphatic carbocycles. The predicted molar refractivity (Wildman–Crippen MR) is 79.4 cm³/mol. The molecule has 2 N–H and O–H groups in total. The van der Waals surface area contributed by atoms with Gasteiger partial charge >= 0.3 is 0 Å². The SMILES string of the molecule is CC(N)c1cccc(OC(C)C2CCCN(C)C2)c1. The second kappa shape index (κ2) is 6.40. The molecule has 0 bridgehead atoms. The second-order valence-corrected chi connectivity index (χ2v) is 5.85. The van der Waals surface area contributed by atoms with E-state index in [4.69, 9.17) is 10.5 Å². The molecule has 0 saturated carbocycles. The Balaban J connectivity index is 1.98. The molecule has 1 fully saturated rings. The summed E-state index contributed by atoms with van der Waals surface area (Å²) in [5.74, 6) is 1.56. The molecule has 1 aromatic carbocycles. The normalized spacial score (nSPS) is 23.9. The van der Waals surface area contributed by atoms with E-state index in [1.165, 1.54) is 19.4 Å². The summed E-state index contributed by atoms with van der Waals surface area (Å²) in [6, 6.07) is 8.21. The van der Waals surface area contributed by atoms with Gasteiger partial charge in [-0.3, -0.25) is 0 Å². The van der Waals surface area contributed by atoms with E-state index in [0.717, 1.165) is 17.9 Å². The summed E-state index contributed by atoms with van der Waals surface area (Å²) in [5.41, 5.74) is 7.04. The van der Waals surface area contributed by atoms with E-state index in [1.807, 2.05) is 19.1 Å². The first-order chi connectivity index (χ1) is 9.06. The van der Waals surface area contributed by atoms with Crippen molar-refractivity contribution < 1.29 is 4.74 Å². The van der Waals surface area contributed by atoms with Gasteiger partial charge in [0, 0.05) is 18.5 Å². The zero-order valence-electron chi connectivity index (χ0n) is 12.3. The van der Waals surface area contributed by atoms with E-state index in [1.54, 1.807) is 0 Å². The van der Waals surface area contributed by atoms with Gasteiger partial charge in [-0.15, -0.1) is 0 Å². The lowest BCUT2D eigenvalue weighted by molar-refractivity contribution is 0.0900. The molecular formula is C16H26N2O. The molecule has 0 amide bonds. The molecule has 106 valence electrons. The third kappa shape index (κ3) is 3.95. The summed E-state index contributed by atoms with van der Waals surface area (Å²) in [4.78, 5) is 2.40. The van der Waals surface area contributed by atoms with Crippen molar-refractivity contribution >= 4 is 0 Å². The van der Waals surface area contributed by atoms with Crippen molar-refractivity contribution in [1.82, 2.24) is 4.90 Å². The van der Waals surface area contributed by atoms with Gasteiger partial charge in [0.15, 0.2) is 0 Å². The number of rotatable bonds is 4. The highest BCUT2D eigenvalue weighted by atomic mass is 16.5. The quantitative estimate of drug-likeness (QED) is 0.907. The number of benzene rings is 1. The Morgan fingerprint density at radius 1 is 1.37 bits per heavy atom. The molecule has 3 nitrogen and oxygen atoms in total. The van der Waals surface area contributed by atoms with Gasteiger partial charge < -0.3 is 15.4 Å². The molecule has 1 aliphatic heterocycles. The van der Waals surface area contributed by atoms with Crippen LogP contribution in [0.5, 0.6) is 5.75 Å². The molecule has 0 spiro atoms. The van der Waals surface area contributed by atoms with Crippen LogP contribution >= 0.6 is 0 Å². The zero-order valence-corrected chi connectivity index (χ0v) is 12.3. The van der Waals surface area contributed by atoms with E-state index in [9.17, 15) is 0 Å². The van der Waals surface area contributed by atoms with Gasteiger partial charge in [-0.25, -0.2) is 0 Å². The molecule has 0 radical (unpaired) electrons. The molecule has 3 atom stereocenters. The zero-order chi connectivity index (χ0) is 13.8. The minimum atomic E-state index is 0.0553. The van der Waals surface area contributed by atoms with Crippen LogP contribution in [0, 0.1) is 5.92 Å². The Morgan fingerprint density at radius 2 is 2.16 bits per heavy atom. The highest BCUT2D eigenvalue weighted by Gasteiger charge is 2.24. The molecule has 0 aromatic heterocycles. The molecule has 1 aromatic rings. The summed E-state index contributed by atoms with van der Waals surface area (Å²) in [5, 5.41) is 0. The van der Waals surface area contributed by atoms with Crippen molar-refractivity contribution in [2.75, 3.05) is 20.1 Å². The Bertz CT molecular complexity index is 405. The van der Waals surface area contributed by atoms with E-state index < -0.39 is 0 Å². The molecule has 3 heteroatoms. The van der Waals surface area contributed by atoms with E-state index in [0.29, 0.717) is 5.92 Å². The van der Waals surface area contributed by atoms with E-state index in [-0.39, 0.29) is 12.1 Å². The van der Waals surface area contributed by atoms with E-state index in [2.05, 4.69) is 31.0 Å². The predicted octanol–water partition coefficient (Wildman–Crippen LogP) is 2.82. The monoisotopic (exact) mass is 262 g/mol. The lowest BCUT2D eigenvalue weighted by atomic mass is 9.93. The molecule has 1 aliphatic rings. The molecule has 1 heterocycles. The van der Waals surface area contributed by atoms with Crippen LogP contribution in [0.1, 0.15) is 38.3 Å². The third-order valence-electron chi connectivity index (χ3n) is 4.03. The average molecular weight is 262 g/mol. The molecule has 3 unspecified atom stereocenters. The Hall–Kier alpha value is -1.06. The van der Waals surface area contributed by atoms with Gasteiger partial charge in [-0.1, -0.05) is 12.1 Å². The molecule has 1 saturated heterocycles. The highest BCUT2D eigenvalue weighted by molar-refractivity contribution is 5.30. The lowest BCUT2D eigenvalue weighted by Gasteiger charge is -2.33. The lowest BCUT2D eigenvalue weighted by Crippen LogP contribution is -2.39. The number of likely N-dealkylation sites (tertiary alicyclic amines) is 1. The number of piperidine rings is 1. The van der Waals surface area contributed by atoms with Crippen molar-refractivity contribution in [2.45, 2.75) is 38.8 Å². The summed E-state index contributed by atoms with van der Waals surface area (Å²) in [6.45, 7) is 6.53. The van der Waals surface area contributed by atoms with Crippen molar-refractivity contribution in [3.63, 3.8) is 0 Å². The number of hydrogen-bond donors (Lipinski definition) is 1. The second-order valence-electron chi connectivity index (χ2n) is 5.85. The Kier molecular flexibility index (Phi) is 4.83. The first-order valence-electron chi connectivity index (χ1n) is 7.27. The Morgan fingerprint density at radius 3 is 2.84 bits per heavy atom. The number of nitrogens with two attached hydrogens (primary N) is 1. The van der Waals surface area contributed by atoms with Crippen LogP contribution in [0.4, 0.5) is 0 Å². The summed E-state index contributed by atoms with van der Waals surface area (Å²) in [7, 11) is 2.19. The minimum Gasteiger partial charge on any atom is -0.490 e. The van der Waals surface area contributed by atoms with Crippen LogP contribution in [0.3, 0.4) is 0 Å². The fraction of sp³-hybridized carbons (Fsp3) is 0.625. The fourth-order valence-corrected chi connectivity index (χ4v) is 2.77. The highest BCUT2D eigenvalue weighted by Crippen LogP contribution is 2.24. The molecular weight excluding hydrogens is 236 g/mol. The number of nitrogens with zero attached hydrogens (tertiary/aromatic N) is 1. The van der Waals surface area contributed by atoms with Gasteiger partial charge in [-0.2, -0.15) is 0 Å². The van der Waals surface area contributed by atoms with Crippen molar-refractivity contribution in [2.24, 2.45) is 11.7 Å². The first kappa shape index (κ1) is 14.4. The van der Waals surface area contributed by atoms with Crippen LogP contribution in [0.2, 0.25) is 0 Å². The maximum absolute atomic E-state index is 6.11. The minimum absolute atomic E-state index is 0.0553. The van der Waals surface area contributed by atoms with Crippen molar-refractivity contribution in [1.29, 1.82) is 0 Å². The van der Waals surface area contributed by atoms with Crippen LogP contribution in [0.15, 0.2) is 24.3 Å². The van der Waals surface area contributed by atoms with Crippen LogP contribution < -0.4 is 10.5 Å². The fourth-order valence-electron chi connectivity index (χ4n) is 2.77. The van der Waals surface area contributed by atoms with Crippen LogP contribution in [-0.4, -0.2) is 31.1 Å². The standard InChI is InChI=1S/C16H26N2O/c1-12(17)14-6-4-8-16(10-14)19-13(2)15-7-5-9-18(3)11-15/h4,6,8,10,12-13,15H,5,7,9,11,17H2,1-3H3. The van der Waals surface area contributed by atoms with E-state index >= 15 is 0 Å². The summed E-state index contributed by atoms with van der Waals surface area (Å²) in [6.07, 6.45) is 2.79. The summed E-state index contributed by atoms with van der Waals surface area (Å²) < 4.78 is 6.11. The van der Waals surface area contributed by atoms with Crippen LogP contribution in [0.25, 0.3) is 0 Å². The average Bonchev–Trinajstić information content (AvgIpc) is 2.39. The molecule has 19 heavy (non-hydrogen) atoms. The van der Waals surface area contributed by atoms with Gasteiger partial charge in [0.25, 0.3) is 0 Å². The summed E-state index contributed by atoms with van der Waals surface area (Å²) >= 11 is 0. The first-order valence-corrected chi connectivity index (χ1v) is 7.27. The number of ether oxygens (including phenoxy) is 1. The third-order valence-corrected chi connectivity index (χ3v) is 4.03. The topological polar surface area (TPSA) is 38.5 Å². The van der Waals surface area contributed by atoms with Crippen molar-refractivity contribution in [3.05, 3.63) is 29.8 Å². The van der Waals surface area contributed by atoms with Gasteiger partial charge in [0.2, 0.25) is 0 Å². The maximum Gasteiger partial charge on any atom is 0.120 e. The van der Waals surface area contributed by atoms with Gasteiger partial charge in [0.1, 0.15) is 5.75 Å². The van der Waals surface area contributed by atoms with Crippen LogP contribution in [-0.2, 0) is 0 Å². The largest absolute Gasteiger partial charge is 0.490 e. The smallest absolute Gasteiger partial charge is 0.120 e. The number of hydrogen-bond acceptors (Lipinski definition) is 3. The van der Waals surface area contributed by atoms with Crippen molar-refractivity contribution in [3.8, 4) is 5.75 Å². The molecule has 2 rings (SSSR count). The van der Waals surface area contributed by atoms with Gasteiger partial charge in [0.05, 0.1) is 6.10 Å². The van der Waals surface area contributed by atoms with Gasteiger partial charge in [-0.05, 0) is 58.0 Å². The Labute approximate surface area is 116 Å². The maximum atomic E-state index is 6.11.